The number of hydrogen-bond acceptors (Lipinski definition) is 3. The Labute approximate surface area is 197 Å². The van der Waals surface area contributed by atoms with Crippen molar-refractivity contribution >= 4 is 16.1 Å². The van der Waals surface area contributed by atoms with E-state index in [1.807, 2.05) is 0 Å². The summed E-state index contributed by atoms with van der Waals surface area (Å²) in [7, 11) is -4.32. The molecule has 0 saturated heterocycles. The SMILES string of the molecule is O=C(O)CS(=O)(=O)O.[CH2-]CCCCCCCCCCCCCCC.[K+]. The maximum atomic E-state index is 9.62. The smallest absolute Gasteiger partial charge is 0.480 e. The fraction of sp³-hybridized carbons (Fsp3) is 0.889. The third-order valence-corrected chi connectivity index (χ3v) is 4.27. The van der Waals surface area contributed by atoms with Crippen LogP contribution < -0.4 is 51.4 Å². The van der Waals surface area contributed by atoms with Crippen LogP contribution in [0.15, 0.2) is 0 Å². The van der Waals surface area contributed by atoms with E-state index in [-0.39, 0.29) is 51.4 Å². The maximum absolute atomic E-state index is 9.62. The molecule has 0 spiro atoms. The van der Waals surface area contributed by atoms with Crippen LogP contribution in [0, 0.1) is 6.92 Å². The van der Waals surface area contributed by atoms with Crippen molar-refractivity contribution in [3.8, 4) is 0 Å². The molecule has 0 aliphatic heterocycles. The van der Waals surface area contributed by atoms with Gasteiger partial charge < -0.3 is 12.0 Å². The molecule has 0 atom stereocenters. The van der Waals surface area contributed by atoms with E-state index >= 15 is 0 Å². The third-order valence-electron chi connectivity index (χ3n) is 3.66. The zero-order valence-corrected chi connectivity index (χ0v) is 20.3. The van der Waals surface area contributed by atoms with E-state index in [9.17, 15) is 13.2 Å². The average Bonchev–Trinajstić information content (AvgIpc) is 2.46. The maximum Gasteiger partial charge on any atom is 1.00 e. The summed E-state index contributed by atoms with van der Waals surface area (Å²) >= 11 is 0. The van der Waals surface area contributed by atoms with Crippen molar-refractivity contribution in [3.63, 3.8) is 0 Å². The number of unbranched alkanes of at least 4 members (excludes halogenated alkanes) is 13. The first kappa shape index (κ1) is 30.7. The van der Waals surface area contributed by atoms with Crippen LogP contribution in [0.3, 0.4) is 0 Å². The first-order chi connectivity index (χ1) is 11.3. The largest absolute Gasteiger partial charge is 1.00 e. The van der Waals surface area contributed by atoms with E-state index < -0.39 is 21.8 Å². The molecular weight excluding hydrogens is 367 g/mol. The molecule has 0 rings (SSSR count). The summed E-state index contributed by atoms with van der Waals surface area (Å²) in [6, 6.07) is 0. The Hall–Kier alpha value is 1.02. The zero-order chi connectivity index (χ0) is 18.7. The molecule has 146 valence electrons. The minimum atomic E-state index is -4.32. The molecule has 0 bridgehead atoms. The summed E-state index contributed by atoms with van der Waals surface area (Å²) in [5.41, 5.74) is 0. The van der Waals surface area contributed by atoms with Gasteiger partial charge in [-0.25, -0.2) is 0 Å². The number of hydrogen-bond donors (Lipinski definition) is 2. The van der Waals surface area contributed by atoms with Gasteiger partial charge in [-0.05, 0) is 0 Å². The van der Waals surface area contributed by atoms with Crippen molar-refractivity contribution in [2.24, 2.45) is 0 Å². The number of carboxylic acids is 1. The Morgan fingerprint density at radius 3 is 1.32 bits per heavy atom. The molecule has 25 heavy (non-hydrogen) atoms. The second-order valence-electron chi connectivity index (χ2n) is 6.22. The number of rotatable bonds is 15. The molecule has 0 aliphatic rings. The van der Waals surface area contributed by atoms with Gasteiger partial charge in [0.1, 0.15) is 0 Å². The topological polar surface area (TPSA) is 91.7 Å². The van der Waals surface area contributed by atoms with E-state index in [0.717, 1.165) is 6.42 Å². The van der Waals surface area contributed by atoms with Crippen LogP contribution in [0.25, 0.3) is 0 Å². The van der Waals surface area contributed by atoms with Crippen LogP contribution in [0.4, 0.5) is 0 Å². The standard InChI is InChI=1S/C16H33.C2H4O5S.K/c1-3-5-7-9-11-13-15-16-14-12-10-8-6-4-2;3-2(4)1-8(5,6)7;/h1,3-16H2,2H3;1H2,(H,3,4)(H,5,6,7);/q-1;;+1. The van der Waals surface area contributed by atoms with Crippen molar-refractivity contribution in [2.75, 3.05) is 5.75 Å². The average molecular weight is 405 g/mol. The van der Waals surface area contributed by atoms with Crippen LogP contribution in [0.2, 0.25) is 0 Å². The van der Waals surface area contributed by atoms with Gasteiger partial charge in [0.25, 0.3) is 10.1 Å². The van der Waals surface area contributed by atoms with Crippen LogP contribution in [0.5, 0.6) is 0 Å². The van der Waals surface area contributed by atoms with Crippen LogP contribution >= 0.6 is 0 Å². The van der Waals surface area contributed by atoms with E-state index in [0.29, 0.717) is 0 Å². The summed E-state index contributed by atoms with van der Waals surface area (Å²) < 4.78 is 27.0. The monoisotopic (exact) mass is 404 g/mol. The predicted molar refractivity (Wildman–Crippen MR) is 99.7 cm³/mol. The number of aliphatic carboxylic acids is 1. The normalized spacial score (nSPS) is 10.5. The number of carboxylic acid groups (broad SMARTS) is 1. The van der Waals surface area contributed by atoms with Gasteiger partial charge in [0, 0.05) is 0 Å². The third kappa shape index (κ3) is 36.6. The summed E-state index contributed by atoms with van der Waals surface area (Å²) in [6.45, 7) is 6.16. The van der Waals surface area contributed by atoms with Crippen LogP contribution in [-0.4, -0.2) is 29.8 Å². The van der Waals surface area contributed by atoms with Crippen molar-refractivity contribution < 1.29 is 74.3 Å². The van der Waals surface area contributed by atoms with Crippen molar-refractivity contribution in [1.29, 1.82) is 0 Å². The Bertz CT molecular complexity index is 358. The fourth-order valence-corrected chi connectivity index (χ4v) is 2.66. The summed E-state index contributed by atoms with van der Waals surface area (Å²) in [6.07, 6.45) is 19.8. The van der Waals surface area contributed by atoms with Crippen LogP contribution in [0.1, 0.15) is 96.8 Å². The van der Waals surface area contributed by atoms with E-state index in [4.69, 9.17) is 9.66 Å². The predicted octanol–water partition coefficient (Wildman–Crippen LogP) is 2.26. The van der Waals surface area contributed by atoms with E-state index in [1.165, 1.54) is 83.5 Å². The molecule has 0 amide bonds. The molecule has 0 saturated carbocycles. The van der Waals surface area contributed by atoms with Crippen LogP contribution in [-0.2, 0) is 14.9 Å². The number of carbonyl (C=O) groups is 1. The first-order valence-corrected chi connectivity index (χ1v) is 10.9. The molecule has 2 N–H and O–H groups in total. The van der Waals surface area contributed by atoms with Gasteiger partial charge in [0.15, 0.2) is 5.75 Å². The van der Waals surface area contributed by atoms with Gasteiger partial charge in [0.05, 0.1) is 0 Å². The van der Waals surface area contributed by atoms with Gasteiger partial charge >= 0.3 is 57.4 Å². The molecule has 0 radical (unpaired) electrons. The van der Waals surface area contributed by atoms with Gasteiger partial charge in [-0.1, -0.05) is 90.4 Å². The Morgan fingerprint density at radius 1 is 0.800 bits per heavy atom. The van der Waals surface area contributed by atoms with E-state index in [1.54, 1.807) is 0 Å². The Kier molecular flexibility index (Phi) is 28.3. The fourth-order valence-electron chi connectivity index (χ4n) is 2.35. The summed E-state index contributed by atoms with van der Waals surface area (Å²) in [5, 5.41) is 7.71. The second-order valence-corrected chi connectivity index (χ2v) is 7.67. The molecule has 0 aromatic heterocycles. The molecule has 7 heteroatoms. The molecular formula is C18H37KO5S. The molecule has 0 unspecified atom stereocenters. The first-order valence-electron chi connectivity index (χ1n) is 9.29. The van der Waals surface area contributed by atoms with E-state index in [2.05, 4.69) is 13.8 Å². The van der Waals surface area contributed by atoms with Crippen molar-refractivity contribution in [3.05, 3.63) is 6.92 Å². The van der Waals surface area contributed by atoms with Gasteiger partial charge in [-0.3, -0.25) is 9.35 Å². The molecule has 0 fully saturated rings. The zero-order valence-electron chi connectivity index (χ0n) is 16.3. The minimum absolute atomic E-state index is 0. The Balaban J connectivity index is -0.000000457. The van der Waals surface area contributed by atoms with Crippen molar-refractivity contribution in [2.45, 2.75) is 96.8 Å². The molecule has 0 aromatic carbocycles. The molecule has 0 heterocycles. The van der Waals surface area contributed by atoms with Gasteiger partial charge in [-0.15, -0.1) is 0 Å². The second kappa shape index (κ2) is 23.1. The van der Waals surface area contributed by atoms with Crippen molar-refractivity contribution in [1.82, 2.24) is 0 Å². The van der Waals surface area contributed by atoms with Gasteiger partial charge in [0.2, 0.25) is 0 Å². The molecule has 0 aliphatic carbocycles. The van der Waals surface area contributed by atoms with Gasteiger partial charge in [-0.2, -0.15) is 14.8 Å². The summed E-state index contributed by atoms with van der Waals surface area (Å²) in [4.78, 5) is 9.48. The summed E-state index contributed by atoms with van der Waals surface area (Å²) in [5.74, 6) is -2.79. The molecule has 5 nitrogen and oxygen atoms in total. The Morgan fingerprint density at radius 2 is 1.12 bits per heavy atom. The quantitative estimate of drug-likeness (QED) is 0.189. The molecule has 0 aromatic rings. The minimum Gasteiger partial charge on any atom is -0.480 e.